The SMILES string of the molecule is CCOC(=O)N(N)C(=O)OCCOC(=O)N(N)C(=O)OCC. The van der Waals surface area contributed by atoms with Crippen molar-refractivity contribution in [3.63, 3.8) is 0 Å². The molecule has 0 atom stereocenters. The van der Waals surface area contributed by atoms with Crippen LogP contribution in [-0.2, 0) is 18.9 Å². The molecule has 0 aliphatic carbocycles. The number of imide groups is 2. The summed E-state index contributed by atoms with van der Waals surface area (Å²) in [6.07, 6.45) is -4.60. The molecule has 0 spiro atoms. The quantitative estimate of drug-likeness (QED) is 0.230. The van der Waals surface area contributed by atoms with Gasteiger partial charge in [0.2, 0.25) is 0 Å². The van der Waals surface area contributed by atoms with E-state index >= 15 is 0 Å². The Morgan fingerprint density at radius 2 is 0.955 bits per heavy atom. The molecule has 0 aromatic heterocycles. The molecular weight excluding hydrogens is 304 g/mol. The number of amides is 4. The molecular formula is C10H18N4O8. The van der Waals surface area contributed by atoms with E-state index in [1.54, 1.807) is 0 Å². The van der Waals surface area contributed by atoms with Gasteiger partial charge < -0.3 is 18.9 Å². The van der Waals surface area contributed by atoms with Crippen LogP contribution in [0.2, 0.25) is 0 Å². The minimum atomic E-state index is -1.20. The third kappa shape index (κ3) is 6.71. The van der Waals surface area contributed by atoms with E-state index in [1.165, 1.54) is 13.8 Å². The Morgan fingerprint density at radius 3 is 1.23 bits per heavy atom. The number of hydrogen-bond donors (Lipinski definition) is 2. The molecule has 0 aromatic rings. The van der Waals surface area contributed by atoms with Crippen molar-refractivity contribution >= 4 is 24.4 Å². The number of nitrogens with two attached hydrogens (primary N) is 2. The Balaban J connectivity index is 4.02. The first-order valence-corrected chi connectivity index (χ1v) is 6.11. The van der Waals surface area contributed by atoms with Gasteiger partial charge in [-0.05, 0) is 13.8 Å². The summed E-state index contributed by atoms with van der Waals surface area (Å²) in [4.78, 5) is 44.7. The normalized spacial score (nSPS) is 9.45. The van der Waals surface area contributed by atoms with Gasteiger partial charge in [0, 0.05) is 0 Å². The van der Waals surface area contributed by atoms with E-state index in [2.05, 4.69) is 18.9 Å². The molecule has 126 valence electrons. The summed E-state index contributed by atoms with van der Waals surface area (Å²) in [5, 5.41) is 0.221. The molecule has 12 nitrogen and oxygen atoms in total. The number of hydrazine groups is 2. The van der Waals surface area contributed by atoms with Crippen molar-refractivity contribution in [2.75, 3.05) is 26.4 Å². The number of hydrogen-bond acceptors (Lipinski definition) is 10. The lowest BCUT2D eigenvalue weighted by Crippen LogP contribution is -2.44. The molecule has 0 radical (unpaired) electrons. The Morgan fingerprint density at radius 1 is 0.682 bits per heavy atom. The van der Waals surface area contributed by atoms with Gasteiger partial charge in [-0.15, -0.1) is 10.0 Å². The van der Waals surface area contributed by atoms with Crippen LogP contribution in [0.25, 0.3) is 0 Å². The second-order valence-electron chi connectivity index (χ2n) is 3.37. The predicted octanol–water partition coefficient (Wildman–Crippen LogP) is -0.0760. The van der Waals surface area contributed by atoms with Crippen LogP contribution in [0.5, 0.6) is 0 Å². The van der Waals surface area contributed by atoms with Gasteiger partial charge in [-0.2, -0.15) is 0 Å². The number of carbonyl (C=O) groups is 4. The van der Waals surface area contributed by atoms with Crippen LogP contribution in [0.15, 0.2) is 0 Å². The fraction of sp³-hybridized carbons (Fsp3) is 0.600. The van der Waals surface area contributed by atoms with Crippen LogP contribution in [0, 0.1) is 0 Å². The smallest absolute Gasteiger partial charge is 0.434 e. The largest absolute Gasteiger partial charge is 0.448 e. The fourth-order valence-corrected chi connectivity index (χ4v) is 0.932. The molecule has 0 rings (SSSR count). The lowest BCUT2D eigenvalue weighted by Gasteiger charge is -2.15. The van der Waals surface area contributed by atoms with E-state index < -0.39 is 37.6 Å². The lowest BCUT2D eigenvalue weighted by molar-refractivity contribution is 0.0492. The van der Waals surface area contributed by atoms with Gasteiger partial charge >= 0.3 is 24.4 Å². The molecule has 22 heavy (non-hydrogen) atoms. The summed E-state index contributed by atoms with van der Waals surface area (Å²) in [6.45, 7) is 2.26. The van der Waals surface area contributed by atoms with Crippen molar-refractivity contribution in [1.29, 1.82) is 0 Å². The molecule has 0 saturated heterocycles. The Hall–Kier alpha value is -2.60. The maximum atomic E-state index is 11.3. The number of carbonyl (C=O) groups excluding carboxylic acids is 4. The van der Waals surface area contributed by atoms with Crippen molar-refractivity contribution < 1.29 is 38.1 Å². The summed E-state index contributed by atoms with van der Waals surface area (Å²) in [5.41, 5.74) is 0. The second-order valence-corrected chi connectivity index (χ2v) is 3.37. The van der Waals surface area contributed by atoms with Crippen LogP contribution in [-0.4, -0.2) is 60.8 Å². The minimum Gasteiger partial charge on any atom is -0.448 e. The first-order chi connectivity index (χ1) is 10.3. The average molecular weight is 322 g/mol. The van der Waals surface area contributed by atoms with Crippen molar-refractivity contribution in [3.8, 4) is 0 Å². The van der Waals surface area contributed by atoms with E-state index in [4.69, 9.17) is 11.7 Å². The summed E-state index contributed by atoms with van der Waals surface area (Å²) < 4.78 is 17.9. The fourth-order valence-electron chi connectivity index (χ4n) is 0.932. The molecule has 0 aromatic carbocycles. The minimum absolute atomic E-state index is 0.0254. The maximum absolute atomic E-state index is 11.3. The van der Waals surface area contributed by atoms with E-state index in [0.717, 1.165) is 0 Å². The highest BCUT2D eigenvalue weighted by molar-refractivity contribution is 5.87. The van der Waals surface area contributed by atoms with Crippen molar-refractivity contribution in [1.82, 2.24) is 10.0 Å². The molecule has 0 saturated carbocycles. The topological polar surface area (TPSA) is 164 Å². The highest BCUT2D eigenvalue weighted by Crippen LogP contribution is 1.95. The third-order valence-corrected chi connectivity index (χ3v) is 1.86. The zero-order valence-electron chi connectivity index (χ0n) is 12.1. The van der Waals surface area contributed by atoms with E-state index in [0.29, 0.717) is 0 Å². The van der Waals surface area contributed by atoms with Crippen LogP contribution in [0.4, 0.5) is 19.2 Å². The summed E-state index contributed by atoms with van der Waals surface area (Å²) in [6, 6.07) is 0. The van der Waals surface area contributed by atoms with Gasteiger partial charge in [0.05, 0.1) is 13.2 Å². The number of rotatable bonds is 5. The van der Waals surface area contributed by atoms with Crippen molar-refractivity contribution in [2.45, 2.75) is 13.8 Å². The van der Waals surface area contributed by atoms with Crippen LogP contribution in [0.1, 0.15) is 13.8 Å². The Labute approximate surface area is 125 Å². The second kappa shape index (κ2) is 10.2. The van der Waals surface area contributed by atoms with Gasteiger partial charge in [0.15, 0.2) is 0 Å². The van der Waals surface area contributed by atoms with Crippen LogP contribution < -0.4 is 11.7 Å². The van der Waals surface area contributed by atoms with Crippen molar-refractivity contribution in [3.05, 3.63) is 0 Å². The highest BCUT2D eigenvalue weighted by Gasteiger charge is 2.22. The molecule has 4 amide bonds. The van der Waals surface area contributed by atoms with Crippen molar-refractivity contribution in [2.24, 2.45) is 11.7 Å². The molecule has 0 heterocycles. The Kier molecular flexibility index (Phi) is 8.97. The van der Waals surface area contributed by atoms with E-state index in [9.17, 15) is 19.2 Å². The number of nitrogens with zero attached hydrogens (tertiary/aromatic N) is 2. The monoisotopic (exact) mass is 322 g/mol. The first kappa shape index (κ1) is 19.4. The van der Waals surface area contributed by atoms with Gasteiger partial charge in [0.1, 0.15) is 13.2 Å². The van der Waals surface area contributed by atoms with Gasteiger partial charge in [-0.1, -0.05) is 0 Å². The zero-order chi connectivity index (χ0) is 17.1. The number of ether oxygens (including phenoxy) is 4. The van der Waals surface area contributed by atoms with Crippen LogP contribution in [0.3, 0.4) is 0 Å². The molecule has 4 N–H and O–H groups in total. The summed E-state index contributed by atoms with van der Waals surface area (Å²) in [7, 11) is 0. The average Bonchev–Trinajstić information content (AvgIpc) is 2.49. The predicted molar refractivity (Wildman–Crippen MR) is 68.8 cm³/mol. The molecule has 12 heteroatoms. The zero-order valence-corrected chi connectivity index (χ0v) is 12.1. The molecule has 0 unspecified atom stereocenters. The molecule has 0 aliphatic heterocycles. The first-order valence-electron chi connectivity index (χ1n) is 6.11. The van der Waals surface area contributed by atoms with Gasteiger partial charge in [0.25, 0.3) is 0 Å². The van der Waals surface area contributed by atoms with Gasteiger partial charge in [-0.25, -0.2) is 30.9 Å². The third-order valence-electron chi connectivity index (χ3n) is 1.86. The highest BCUT2D eigenvalue weighted by atomic mass is 16.6. The Bertz CT molecular complexity index is 378. The molecule has 0 aliphatic rings. The standard InChI is InChI=1S/C10H18N4O8/c1-3-19-7(15)13(11)9(17)21-5-6-22-10(18)14(12)8(16)20-4-2/h3-6,11-12H2,1-2H3. The lowest BCUT2D eigenvalue weighted by atomic mass is 10.7. The van der Waals surface area contributed by atoms with Crippen LogP contribution >= 0.6 is 0 Å². The van der Waals surface area contributed by atoms with E-state index in [1.807, 2.05) is 0 Å². The molecule has 0 fully saturated rings. The van der Waals surface area contributed by atoms with Gasteiger partial charge in [-0.3, -0.25) is 0 Å². The molecule has 0 bridgehead atoms. The van der Waals surface area contributed by atoms with E-state index in [-0.39, 0.29) is 23.2 Å². The maximum Gasteiger partial charge on any atom is 0.434 e. The summed E-state index contributed by atoms with van der Waals surface area (Å²) in [5.74, 6) is 10.2. The summed E-state index contributed by atoms with van der Waals surface area (Å²) >= 11 is 0.